The van der Waals surface area contributed by atoms with Crippen molar-refractivity contribution in [1.29, 1.82) is 0 Å². The first-order valence-electron chi connectivity index (χ1n) is 11.4. The van der Waals surface area contributed by atoms with Crippen LogP contribution in [0, 0.1) is 5.92 Å². The minimum Gasteiger partial charge on any atom is -0.497 e. The lowest BCUT2D eigenvalue weighted by molar-refractivity contribution is -0.125. The van der Waals surface area contributed by atoms with E-state index in [0.717, 1.165) is 30.6 Å². The molecule has 33 heavy (non-hydrogen) atoms. The summed E-state index contributed by atoms with van der Waals surface area (Å²) in [5.41, 5.74) is 1.59. The van der Waals surface area contributed by atoms with Crippen molar-refractivity contribution in [1.82, 2.24) is 5.32 Å². The third-order valence-electron chi connectivity index (χ3n) is 6.01. The van der Waals surface area contributed by atoms with Crippen molar-refractivity contribution >= 4 is 23.5 Å². The number of para-hydroxylation sites is 1. The van der Waals surface area contributed by atoms with Crippen LogP contribution in [-0.2, 0) is 20.7 Å². The third-order valence-corrected chi connectivity index (χ3v) is 6.01. The van der Waals surface area contributed by atoms with Crippen molar-refractivity contribution in [3.8, 4) is 5.75 Å². The number of anilines is 1. The Hall–Kier alpha value is -3.35. The molecule has 0 aliphatic heterocycles. The number of hydrogen-bond donors (Lipinski definition) is 2. The molecule has 0 heterocycles. The van der Waals surface area contributed by atoms with Crippen LogP contribution >= 0.6 is 0 Å². The van der Waals surface area contributed by atoms with Crippen LogP contribution < -0.4 is 15.4 Å². The Morgan fingerprint density at radius 3 is 2.42 bits per heavy atom. The lowest BCUT2D eigenvalue weighted by Crippen LogP contribution is -2.42. The van der Waals surface area contributed by atoms with Gasteiger partial charge in [0.15, 0.2) is 6.61 Å². The van der Waals surface area contributed by atoms with Gasteiger partial charge in [-0.3, -0.25) is 9.59 Å². The van der Waals surface area contributed by atoms with E-state index in [0.29, 0.717) is 18.0 Å². The Bertz CT molecular complexity index is 957. The van der Waals surface area contributed by atoms with Crippen LogP contribution in [0.3, 0.4) is 0 Å². The topological polar surface area (TPSA) is 93.7 Å². The van der Waals surface area contributed by atoms with E-state index in [1.165, 1.54) is 6.42 Å². The molecule has 7 heteroatoms. The van der Waals surface area contributed by atoms with Gasteiger partial charge in [-0.2, -0.15) is 0 Å². The molecule has 7 nitrogen and oxygen atoms in total. The Morgan fingerprint density at radius 2 is 1.70 bits per heavy atom. The van der Waals surface area contributed by atoms with Gasteiger partial charge in [0.1, 0.15) is 5.75 Å². The molecule has 2 N–H and O–H groups in total. The van der Waals surface area contributed by atoms with E-state index in [4.69, 9.17) is 9.47 Å². The Labute approximate surface area is 194 Å². The molecule has 176 valence electrons. The summed E-state index contributed by atoms with van der Waals surface area (Å²) in [6.45, 7) is 1.78. The van der Waals surface area contributed by atoms with Gasteiger partial charge >= 0.3 is 5.97 Å². The summed E-state index contributed by atoms with van der Waals surface area (Å²) in [5, 5.41) is 5.75. The average molecular weight is 453 g/mol. The molecule has 2 amide bonds. The van der Waals surface area contributed by atoms with Crippen LogP contribution in [0.15, 0.2) is 48.5 Å². The number of nitrogens with one attached hydrogen (secondary N) is 2. The Morgan fingerprint density at radius 1 is 0.970 bits per heavy atom. The number of aryl methyl sites for hydroxylation is 1. The molecule has 3 rings (SSSR count). The van der Waals surface area contributed by atoms with Crippen molar-refractivity contribution in [3.05, 3.63) is 59.7 Å². The summed E-state index contributed by atoms with van der Waals surface area (Å²) < 4.78 is 10.4. The molecule has 2 aromatic rings. The van der Waals surface area contributed by atoms with Gasteiger partial charge in [0.25, 0.3) is 5.91 Å². The number of esters is 1. The van der Waals surface area contributed by atoms with Crippen molar-refractivity contribution in [2.24, 2.45) is 5.92 Å². The van der Waals surface area contributed by atoms with E-state index >= 15 is 0 Å². The number of benzene rings is 2. The summed E-state index contributed by atoms with van der Waals surface area (Å²) in [7, 11) is 1.61. The zero-order chi connectivity index (χ0) is 23.6. The lowest BCUT2D eigenvalue weighted by atomic mass is 9.86. The predicted molar refractivity (Wildman–Crippen MR) is 126 cm³/mol. The van der Waals surface area contributed by atoms with Gasteiger partial charge in [-0.1, -0.05) is 44.0 Å². The maximum absolute atomic E-state index is 12.6. The maximum Gasteiger partial charge on any atom is 0.340 e. The maximum atomic E-state index is 12.6. The molecule has 1 aliphatic carbocycles. The minimum absolute atomic E-state index is 0.127. The fourth-order valence-electron chi connectivity index (χ4n) is 4.02. The summed E-state index contributed by atoms with van der Waals surface area (Å²) >= 11 is 0. The zero-order valence-electron chi connectivity index (χ0n) is 19.3. The smallest absolute Gasteiger partial charge is 0.340 e. The van der Waals surface area contributed by atoms with Crippen LogP contribution in [-0.4, -0.2) is 37.5 Å². The van der Waals surface area contributed by atoms with Gasteiger partial charge in [-0.25, -0.2) is 4.79 Å². The second kappa shape index (κ2) is 12.0. The molecule has 0 aromatic heterocycles. The summed E-state index contributed by atoms with van der Waals surface area (Å²) in [5.74, 6) is 0.0240. The van der Waals surface area contributed by atoms with Gasteiger partial charge in [-0.05, 0) is 55.0 Å². The number of hydrogen-bond acceptors (Lipinski definition) is 5. The first-order chi connectivity index (χ1) is 16.0. The highest BCUT2D eigenvalue weighted by Gasteiger charge is 2.23. The van der Waals surface area contributed by atoms with Crippen LogP contribution in [0.1, 0.15) is 54.9 Å². The second-order valence-electron chi connectivity index (χ2n) is 8.45. The quantitative estimate of drug-likeness (QED) is 0.558. The molecular formula is C26H32N2O5. The Balaban J connectivity index is 1.50. The second-order valence-corrected chi connectivity index (χ2v) is 8.45. The SMILES string of the molecule is COc1ccc(CCC(=O)Nc2ccccc2C(=O)OCC(=O)N[C@@H]2CCCC[C@@H]2C)cc1. The number of rotatable bonds is 9. The Kier molecular flexibility index (Phi) is 8.87. The van der Waals surface area contributed by atoms with E-state index in [1.54, 1.807) is 31.4 Å². The van der Waals surface area contributed by atoms with Crippen molar-refractivity contribution in [3.63, 3.8) is 0 Å². The van der Waals surface area contributed by atoms with Crippen LogP contribution in [0.4, 0.5) is 5.69 Å². The molecule has 0 spiro atoms. The van der Waals surface area contributed by atoms with Crippen molar-refractivity contribution in [2.45, 2.75) is 51.5 Å². The third kappa shape index (κ3) is 7.34. The number of amides is 2. The van der Waals surface area contributed by atoms with Gasteiger partial charge in [0, 0.05) is 12.5 Å². The van der Waals surface area contributed by atoms with E-state index in [1.807, 2.05) is 24.3 Å². The van der Waals surface area contributed by atoms with Gasteiger partial charge in [-0.15, -0.1) is 0 Å². The number of methoxy groups -OCH3 is 1. The molecule has 2 aromatic carbocycles. The highest BCUT2D eigenvalue weighted by Crippen LogP contribution is 2.23. The van der Waals surface area contributed by atoms with E-state index in [9.17, 15) is 14.4 Å². The molecule has 2 atom stereocenters. The number of carbonyl (C=O) groups is 3. The largest absolute Gasteiger partial charge is 0.497 e. The molecule has 0 unspecified atom stereocenters. The van der Waals surface area contributed by atoms with Crippen LogP contribution in [0.2, 0.25) is 0 Å². The molecule has 1 saturated carbocycles. The van der Waals surface area contributed by atoms with Gasteiger partial charge < -0.3 is 20.1 Å². The zero-order valence-corrected chi connectivity index (χ0v) is 19.3. The van der Waals surface area contributed by atoms with Crippen LogP contribution in [0.5, 0.6) is 5.75 Å². The minimum atomic E-state index is -0.645. The summed E-state index contributed by atoms with van der Waals surface area (Å²) in [6.07, 6.45) is 5.15. The molecule has 0 bridgehead atoms. The van der Waals surface area contributed by atoms with Gasteiger partial charge in [0.2, 0.25) is 5.91 Å². The molecule has 0 saturated heterocycles. The standard InChI is InChI=1S/C26H32N2O5/c1-18-7-3-5-9-22(18)27-25(30)17-33-26(31)21-8-4-6-10-23(21)28-24(29)16-13-19-11-14-20(32-2)15-12-19/h4,6,8,10-12,14-15,18,22H,3,5,7,9,13,16-17H2,1-2H3,(H,27,30)(H,28,29)/t18-,22+/m0/s1. The highest BCUT2D eigenvalue weighted by molar-refractivity contribution is 6.01. The van der Waals surface area contributed by atoms with Crippen LogP contribution in [0.25, 0.3) is 0 Å². The molecule has 0 radical (unpaired) electrons. The number of carbonyl (C=O) groups excluding carboxylic acids is 3. The van der Waals surface area contributed by atoms with Crippen molar-refractivity contribution in [2.75, 3.05) is 19.0 Å². The fourth-order valence-corrected chi connectivity index (χ4v) is 4.02. The summed E-state index contributed by atoms with van der Waals surface area (Å²) in [4.78, 5) is 37.3. The van der Waals surface area contributed by atoms with E-state index in [2.05, 4.69) is 17.6 Å². The first kappa shape index (κ1) is 24.3. The average Bonchev–Trinajstić information content (AvgIpc) is 2.83. The van der Waals surface area contributed by atoms with E-state index in [-0.39, 0.29) is 36.4 Å². The normalized spacial score (nSPS) is 17.6. The summed E-state index contributed by atoms with van der Waals surface area (Å²) in [6, 6.07) is 14.3. The fraction of sp³-hybridized carbons (Fsp3) is 0.423. The molecule has 1 aliphatic rings. The molecular weight excluding hydrogens is 420 g/mol. The molecule has 1 fully saturated rings. The van der Waals surface area contributed by atoms with E-state index < -0.39 is 5.97 Å². The predicted octanol–water partition coefficient (Wildman–Crippen LogP) is 4.12. The number of ether oxygens (including phenoxy) is 2. The van der Waals surface area contributed by atoms with Crippen molar-refractivity contribution < 1.29 is 23.9 Å². The van der Waals surface area contributed by atoms with Gasteiger partial charge in [0.05, 0.1) is 18.4 Å². The lowest BCUT2D eigenvalue weighted by Gasteiger charge is -2.29. The monoisotopic (exact) mass is 452 g/mol. The first-order valence-corrected chi connectivity index (χ1v) is 11.4. The highest BCUT2D eigenvalue weighted by atomic mass is 16.5.